The van der Waals surface area contributed by atoms with E-state index in [0.29, 0.717) is 0 Å². The predicted octanol–water partition coefficient (Wildman–Crippen LogP) is 3.08. The summed E-state index contributed by atoms with van der Waals surface area (Å²) in [5.74, 6) is 1.28. The summed E-state index contributed by atoms with van der Waals surface area (Å²) in [6.45, 7) is 5.87. The number of anilines is 1. The van der Waals surface area contributed by atoms with E-state index in [1.807, 2.05) is 0 Å². The van der Waals surface area contributed by atoms with Crippen LogP contribution in [0.5, 0.6) is 0 Å². The first kappa shape index (κ1) is 13.8. The lowest BCUT2D eigenvalue weighted by Gasteiger charge is -2.32. The molecular formula is C15H24N2S. The maximum atomic E-state index is 2.60. The number of thioether (sulfide) groups is 1. The van der Waals surface area contributed by atoms with Gasteiger partial charge in [0.15, 0.2) is 0 Å². The van der Waals surface area contributed by atoms with E-state index < -0.39 is 0 Å². The molecule has 0 N–H and O–H groups in total. The molecule has 1 aromatic carbocycles. The third-order valence-electron chi connectivity index (χ3n) is 3.51. The van der Waals surface area contributed by atoms with Crippen LogP contribution >= 0.6 is 11.8 Å². The van der Waals surface area contributed by atoms with Gasteiger partial charge >= 0.3 is 0 Å². The summed E-state index contributed by atoms with van der Waals surface area (Å²) in [4.78, 5) is 4.77. The Hall–Kier alpha value is -0.670. The van der Waals surface area contributed by atoms with Gasteiger partial charge in [-0.1, -0.05) is 19.1 Å². The molecule has 1 aliphatic heterocycles. The summed E-state index contributed by atoms with van der Waals surface area (Å²) >= 11 is 2.14. The summed E-state index contributed by atoms with van der Waals surface area (Å²) in [6.07, 6.45) is 1.29. The Morgan fingerprint density at radius 1 is 1.39 bits per heavy atom. The molecule has 1 atom stereocenters. The zero-order valence-corrected chi connectivity index (χ0v) is 12.5. The Balaban J connectivity index is 1.98. The third kappa shape index (κ3) is 3.66. The molecule has 3 heteroatoms. The van der Waals surface area contributed by atoms with Gasteiger partial charge < -0.3 is 4.90 Å². The highest BCUT2D eigenvalue weighted by molar-refractivity contribution is 8.00. The molecule has 0 amide bonds. The molecule has 100 valence electrons. The Kier molecular flexibility index (Phi) is 4.95. The maximum absolute atomic E-state index is 2.60. The van der Waals surface area contributed by atoms with Crippen LogP contribution < -0.4 is 4.90 Å². The molecule has 0 unspecified atom stereocenters. The standard InChI is InChI=1S/C15H24N2S/c1-4-15-12-17(8-9-18-15)11-13-6-5-7-14(10-13)16(2)3/h5-7,10,15H,4,8-9,11-12H2,1-3H3/t15-/m1/s1. The van der Waals surface area contributed by atoms with Crippen molar-refractivity contribution < 1.29 is 0 Å². The Morgan fingerprint density at radius 3 is 2.94 bits per heavy atom. The van der Waals surface area contributed by atoms with Gasteiger partial charge in [-0.3, -0.25) is 4.90 Å². The largest absolute Gasteiger partial charge is 0.378 e. The van der Waals surface area contributed by atoms with Crippen molar-refractivity contribution in [2.75, 3.05) is 37.8 Å². The van der Waals surface area contributed by atoms with E-state index in [9.17, 15) is 0 Å². The van der Waals surface area contributed by atoms with Gasteiger partial charge in [0, 0.05) is 50.4 Å². The van der Waals surface area contributed by atoms with Crippen LogP contribution in [0.1, 0.15) is 18.9 Å². The summed E-state index contributed by atoms with van der Waals surface area (Å²) in [5.41, 5.74) is 2.73. The van der Waals surface area contributed by atoms with Crippen molar-refractivity contribution in [3.05, 3.63) is 29.8 Å². The van der Waals surface area contributed by atoms with Crippen molar-refractivity contribution in [2.45, 2.75) is 25.1 Å². The Bertz CT molecular complexity index is 379. The predicted molar refractivity (Wildman–Crippen MR) is 82.6 cm³/mol. The second kappa shape index (κ2) is 6.48. The number of nitrogens with zero attached hydrogens (tertiary/aromatic N) is 2. The molecule has 2 nitrogen and oxygen atoms in total. The lowest BCUT2D eigenvalue weighted by atomic mass is 10.1. The van der Waals surface area contributed by atoms with E-state index in [1.165, 1.54) is 36.5 Å². The molecule has 1 heterocycles. The number of hydrogen-bond acceptors (Lipinski definition) is 3. The molecule has 2 rings (SSSR count). The summed E-state index contributed by atoms with van der Waals surface area (Å²) < 4.78 is 0. The zero-order chi connectivity index (χ0) is 13.0. The van der Waals surface area contributed by atoms with Gasteiger partial charge in [0.05, 0.1) is 0 Å². The summed E-state index contributed by atoms with van der Waals surface area (Å²) in [6, 6.07) is 8.89. The van der Waals surface area contributed by atoms with Gasteiger partial charge in [-0.2, -0.15) is 11.8 Å². The summed E-state index contributed by atoms with van der Waals surface area (Å²) in [5, 5.41) is 0.829. The van der Waals surface area contributed by atoms with Crippen molar-refractivity contribution in [1.82, 2.24) is 4.90 Å². The van der Waals surface area contributed by atoms with Gasteiger partial charge in [-0.15, -0.1) is 0 Å². The van der Waals surface area contributed by atoms with Crippen LogP contribution in [0.15, 0.2) is 24.3 Å². The van der Waals surface area contributed by atoms with Gasteiger partial charge in [0.25, 0.3) is 0 Å². The smallest absolute Gasteiger partial charge is 0.0364 e. The molecule has 0 bridgehead atoms. The van der Waals surface area contributed by atoms with E-state index in [0.717, 1.165) is 11.8 Å². The number of hydrogen-bond donors (Lipinski definition) is 0. The van der Waals surface area contributed by atoms with Crippen molar-refractivity contribution >= 4 is 17.4 Å². The molecule has 0 radical (unpaired) electrons. The lowest BCUT2D eigenvalue weighted by Crippen LogP contribution is -2.37. The van der Waals surface area contributed by atoms with E-state index in [1.54, 1.807) is 0 Å². The molecule has 0 aromatic heterocycles. The molecule has 0 spiro atoms. The van der Waals surface area contributed by atoms with Gasteiger partial charge in [-0.25, -0.2) is 0 Å². The minimum absolute atomic E-state index is 0.829. The second-order valence-corrected chi connectivity index (χ2v) is 6.61. The SMILES string of the molecule is CC[C@@H]1CN(Cc2cccc(N(C)C)c2)CCS1. The van der Waals surface area contributed by atoms with E-state index >= 15 is 0 Å². The first-order chi connectivity index (χ1) is 8.69. The fourth-order valence-corrected chi connectivity index (χ4v) is 3.61. The molecule has 18 heavy (non-hydrogen) atoms. The van der Waals surface area contributed by atoms with Crippen molar-refractivity contribution in [1.29, 1.82) is 0 Å². The molecule has 1 fully saturated rings. The molecule has 0 aliphatic carbocycles. The van der Waals surface area contributed by atoms with Gasteiger partial charge in [-0.05, 0) is 24.1 Å². The molecule has 1 aliphatic rings. The van der Waals surface area contributed by atoms with Gasteiger partial charge in [0.2, 0.25) is 0 Å². The fraction of sp³-hybridized carbons (Fsp3) is 0.600. The van der Waals surface area contributed by atoms with E-state index in [4.69, 9.17) is 0 Å². The van der Waals surface area contributed by atoms with Crippen molar-refractivity contribution in [3.63, 3.8) is 0 Å². The monoisotopic (exact) mass is 264 g/mol. The van der Waals surface area contributed by atoms with E-state index in [2.05, 4.69) is 66.8 Å². The fourth-order valence-electron chi connectivity index (χ4n) is 2.36. The zero-order valence-electron chi connectivity index (χ0n) is 11.7. The average Bonchev–Trinajstić information content (AvgIpc) is 2.39. The highest BCUT2D eigenvalue weighted by atomic mass is 32.2. The van der Waals surface area contributed by atoms with Crippen LogP contribution in [-0.4, -0.2) is 43.1 Å². The van der Waals surface area contributed by atoms with Crippen LogP contribution in [0.4, 0.5) is 5.69 Å². The molecule has 1 aromatic rings. The molecular weight excluding hydrogens is 240 g/mol. The highest BCUT2D eigenvalue weighted by Gasteiger charge is 2.18. The molecule has 0 saturated carbocycles. The molecule has 1 saturated heterocycles. The van der Waals surface area contributed by atoms with Crippen LogP contribution in [0, 0.1) is 0 Å². The van der Waals surface area contributed by atoms with E-state index in [-0.39, 0.29) is 0 Å². The van der Waals surface area contributed by atoms with Gasteiger partial charge in [0.1, 0.15) is 0 Å². The van der Waals surface area contributed by atoms with Crippen LogP contribution in [0.2, 0.25) is 0 Å². The highest BCUT2D eigenvalue weighted by Crippen LogP contribution is 2.23. The first-order valence-corrected chi connectivity index (χ1v) is 7.84. The van der Waals surface area contributed by atoms with Crippen molar-refractivity contribution in [3.8, 4) is 0 Å². The Labute approximate surface area is 115 Å². The quantitative estimate of drug-likeness (QED) is 0.825. The minimum atomic E-state index is 0.829. The first-order valence-electron chi connectivity index (χ1n) is 6.79. The third-order valence-corrected chi connectivity index (χ3v) is 4.88. The number of benzene rings is 1. The Morgan fingerprint density at radius 2 is 2.22 bits per heavy atom. The van der Waals surface area contributed by atoms with Crippen LogP contribution in [-0.2, 0) is 6.54 Å². The maximum Gasteiger partial charge on any atom is 0.0364 e. The lowest BCUT2D eigenvalue weighted by molar-refractivity contribution is 0.273. The topological polar surface area (TPSA) is 6.48 Å². The average molecular weight is 264 g/mol. The van der Waals surface area contributed by atoms with Crippen molar-refractivity contribution in [2.24, 2.45) is 0 Å². The van der Waals surface area contributed by atoms with Crippen LogP contribution in [0.3, 0.4) is 0 Å². The normalized spacial score (nSPS) is 20.9. The summed E-state index contributed by atoms with van der Waals surface area (Å²) in [7, 11) is 4.20. The minimum Gasteiger partial charge on any atom is -0.378 e. The van der Waals surface area contributed by atoms with Crippen LogP contribution in [0.25, 0.3) is 0 Å². The number of rotatable bonds is 4. The second-order valence-electron chi connectivity index (χ2n) is 5.20.